The summed E-state index contributed by atoms with van der Waals surface area (Å²) in [5, 5.41) is 0. The summed E-state index contributed by atoms with van der Waals surface area (Å²) in [6, 6.07) is 0. The molecule has 0 spiro atoms. The van der Waals surface area contributed by atoms with E-state index in [-0.39, 0.29) is 0 Å². The molecule has 2 unspecified atom stereocenters. The van der Waals surface area contributed by atoms with Gasteiger partial charge in [-0.2, -0.15) is 0 Å². The lowest BCUT2D eigenvalue weighted by molar-refractivity contribution is 0.480. The first-order valence-electron chi connectivity index (χ1n) is 4.84. The molecule has 1 aliphatic carbocycles. The molecule has 1 fully saturated rings. The Hall–Kier alpha value is 0.217. The molecule has 0 aromatic carbocycles. The predicted octanol–water partition coefficient (Wildman–Crippen LogP) is 2.13. The Morgan fingerprint density at radius 2 is 2.20 bits per heavy atom. The molecule has 0 bridgehead atoms. The van der Waals surface area contributed by atoms with Gasteiger partial charge in [0.05, 0.1) is 0 Å². The van der Waals surface area contributed by atoms with E-state index >= 15 is 0 Å². The van der Waals surface area contributed by atoms with Crippen LogP contribution in [0.5, 0.6) is 0 Å². The highest BCUT2D eigenvalue weighted by atomic mass is 28.1. The minimum absolute atomic E-state index is 1.15. The Morgan fingerprint density at radius 3 is 2.70 bits per heavy atom. The molecule has 0 nitrogen and oxygen atoms in total. The maximum Gasteiger partial charge on any atom is 0.00708 e. The summed E-state index contributed by atoms with van der Waals surface area (Å²) in [5.74, 6) is 1.15. The SMILES string of the molecule is CCCCC1CCCC1[SiH3]. The summed E-state index contributed by atoms with van der Waals surface area (Å²) in [4.78, 5) is 0. The normalized spacial score (nSPS) is 33.3. The second-order valence-corrected chi connectivity index (χ2v) is 5.29. The first kappa shape index (κ1) is 8.31. The molecule has 1 heteroatoms. The fraction of sp³-hybridized carbons (Fsp3) is 1.00. The molecule has 1 aliphatic rings. The summed E-state index contributed by atoms with van der Waals surface area (Å²) in [5.41, 5.74) is 1.17. The van der Waals surface area contributed by atoms with Gasteiger partial charge < -0.3 is 0 Å². The van der Waals surface area contributed by atoms with Gasteiger partial charge in [-0.1, -0.05) is 51.0 Å². The Kier molecular flexibility index (Phi) is 3.47. The highest BCUT2D eigenvalue weighted by Crippen LogP contribution is 2.37. The number of hydrogen-bond donors (Lipinski definition) is 0. The van der Waals surface area contributed by atoms with Gasteiger partial charge in [0.15, 0.2) is 0 Å². The van der Waals surface area contributed by atoms with Crippen LogP contribution in [-0.2, 0) is 0 Å². The van der Waals surface area contributed by atoms with Crippen molar-refractivity contribution >= 4 is 10.2 Å². The highest BCUT2D eigenvalue weighted by molar-refractivity contribution is 6.11. The van der Waals surface area contributed by atoms with Crippen molar-refractivity contribution in [2.75, 3.05) is 0 Å². The summed E-state index contributed by atoms with van der Waals surface area (Å²) >= 11 is 0. The largest absolute Gasteiger partial charge is 0.0654 e. The molecule has 0 N–H and O–H groups in total. The van der Waals surface area contributed by atoms with Gasteiger partial charge >= 0.3 is 0 Å². The van der Waals surface area contributed by atoms with Crippen molar-refractivity contribution in [3.63, 3.8) is 0 Å². The Labute approximate surface area is 67.8 Å². The van der Waals surface area contributed by atoms with Gasteiger partial charge in [-0.25, -0.2) is 0 Å². The van der Waals surface area contributed by atoms with Crippen molar-refractivity contribution in [3.8, 4) is 0 Å². The Balaban J connectivity index is 2.14. The molecule has 0 amide bonds. The molecular weight excluding hydrogens is 136 g/mol. The third-order valence-corrected chi connectivity index (χ3v) is 4.49. The van der Waals surface area contributed by atoms with E-state index in [0.29, 0.717) is 0 Å². The molecule has 0 aromatic rings. The monoisotopic (exact) mass is 156 g/mol. The first-order chi connectivity index (χ1) is 4.84. The molecule has 0 aromatic heterocycles. The third-order valence-electron chi connectivity index (χ3n) is 2.97. The zero-order valence-corrected chi connectivity index (χ0v) is 9.40. The van der Waals surface area contributed by atoms with Crippen LogP contribution in [0.1, 0.15) is 45.4 Å². The fourth-order valence-corrected chi connectivity index (χ4v) is 3.19. The van der Waals surface area contributed by atoms with Crippen molar-refractivity contribution in [1.29, 1.82) is 0 Å². The van der Waals surface area contributed by atoms with E-state index in [4.69, 9.17) is 0 Å². The van der Waals surface area contributed by atoms with Crippen LogP contribution < -0.4 is 0 Å². The molecule has 0 heterocycles. The molecule has 0 radical (unpaired) electrons. The van der Waals surface area contributed by atoms with E-state index in [9.17, 15) is 0 Å². The number of rotatable bonds is 3. The summed E-state index contributed by atoms with van der Waals surface area (Å²) in [6.45, 7) is 2.30. The molecule has 2 atom stereocenters. The maximum absolute atomic E-state index is 2.30. The van der Waals surface area contributed by atoms with E-state index in [1.54, 1.807) is 12.8 Å². The van der Waals surface area contributed by atoms with Crippen LogP contribution >= 0.6 is 0 Å². The van der Waals surface area contributed by atoms with Crippen LogP contribution in [0.15, 0.2) is 0 Å². The zero-order chi connectivity index (χ0) is 7.40. The molecule has 1 saturated carbocycles. The fourth-order valence-electron chi connectivity index (χ4n) is 2.12. The van der Waals surface area contributed by atoms with Gasteiger partial charge in [0.2, 0.25) is 0 Å². The lowest BCUT2D eigenvalue weighted by Gasteiger charge is -2.13. The van der Waals surface area contributed by atoms with Crippen LogP contribution in [0.2, 0.25) is 5.54 Å². The van der Waals surface area contributed by atoms with Crippen molar-refractivity contribution in [3.05, 3.63) is 0 Å². The second-order valence-electron chi connectivity index (χ2n) is 3.81. The third kappa shape index (κ3) is 2.12. The van der Waals surface area contributed by atoms with Crippen LogP contribution in [0.4, 0.5) is 0 Å². The van der Waals surface area contributed by atoms with E-state index in [1.165, 1.54) is 41.5 Å². The Bertz CT molecular complexity index is 90.7. The van der Waals surface area contributed by atoms with Gasteiger partial charge in [-0.05, 0) is 5.92 Å². The first-order valence-corrected chi connectivity index (χ1v) is 6.00. The molecule has 60 valence electrons. The van der Waals surface area contributed by atoms with Crippen molar-refractivity contribution in [1.82, 2.24) is 0 Å². The quantitative estimate of drug-likeness (QED) is 0.549. The minimum Gasteiger partial charge on any atom is -0.0654 e. The topological polar surface area (TPSA) is 0 Å². The van der Waals surface area contributed by atoms with Crippen LogP contribution in [0.25, 0.3) is 0 Å². The van der Waals surface area contributed by atoms with Gasteiger partial charge in [-0.15, -0.1) is 0 Å². The summed E-state index contributed by atoms with van der Waals surface area (Å²) in [6.07, 6.45) is 9.04. The van der Waals surface area contributed by atoms with Crippen molar-refractivity contribution < 1.29 is 0 Å². The average molecular weight is 156 g/mol. The van der Waals surface area contributed by atoms with Crippen LogP contribution in [0, 0.1) is 5.92 Å². The number of hydrogen-bond acceptors (Lipinski definition) is 0. The Morgan fingerprint density at radius 1 is 1.40 bits per heavy atom. The second kappa shape index (κ2) is 4.17. The molecule has 0 aliphatic heterocycles. The highest BCUT2D eigenvalue weighted by Gasteiger charge is 2.21. The molecule has 1 rings (SSSR count). The van der Waals surface area contributed by atoms with E-state index in [0.717, 1.165) is 5.92 Å². The number of unbranched alkanes of at least 4 members (excludes halogenated alkanes) is 1. The minimum atomic E-state index is 1.15. The van der Waals surface area contributed by atoms with Crippen molar-refractivity contribution in [2.45, 2.75) is 51.0 Å². The van der Waals surface area contributed by atoms with E-state index < -0.39 is 0 Å². The zero-order valence-electron chi connectivity index (χ0n) is 7.40. The van der Waals surface area contributed by atoms with Crippen LogP contribution in [0.3, 0.4) is 0 Å². The lowest BCUT2D eigenvalue weighted by atomic mass is 10.0. The van der Waals surface area contributed by atoms with Crippen molar-refractivity contribution in [2.24, 2.45) is 5.92 Å². The molecule has 10 heavy (non-hydrogen) atoms. The van der Waals surface area contributed by atoms with Gasteiger partial charge in [0, 0.05) is 10.2 Å². The lowest BCUT2D eigenvalue weighted by Crippen LogP contribution is -2.01. The van der Waals surface area contributed by atoms with Gasteiger partial charge in [0.1, 0.15) is 0 Å². The van der Waals surface area contributed by atoms with E-state index in [1.807, 2.05) is 0 Å². The standard InChI is InChI=1S/C9H20Si/c1-2-3-5-8-6-4-7-9(8)10/h8-9H,2-7H2,1,10H3. The molecular formula is C9H20Si. The summed E-state index contributed by atoms with van der Waals surface area (Å²) in [7, 11) is 1.45. The van der Waals surface area contributed by atoms with Gasteiger partial charge in [0.25, 0.3) is 0 Å². The maximum atomic E-state index is 2.30. The van der Waals surface area contributed by atoms with Crippen LogP contribution in [-0.4, -0.2) is 10.2 Å². The average Bonchev–Trinajstić information content (AvgIpc) is 2.31. The summed E-state index contributed by atoms with van der Waals surface area (Å²) < 4.78 is 0. The predicted molar refractivity (Wildman–Crippen MR) is 50.6 cm³/mol. The van der Waals surface area contributed by atoms with Gasteiger partial charge in [-0.3, -0.25) is 0 Å². The van der Waals surface area contributed by atoms with E-state index in [2.05, 4.69) is 6.92 Å². The molecule has 0 saturated heterocycles. The smallest absolute Gasteiger partial charge is 0.00708 e.